The molecule has 6 aromatic rings. The predicted molar refractivity (Wildman–Crippen MR) is 391 cm³/mol. The number of hydrogen-bond acceptors (Lipinski definition) is 8. The van der Waals surface area contributed by atoms with Gasteiger partial charge >= 0.3 is 234 Å². The maximum absolute atomic E-state index is 10.7. The molecule has 0 aromatic heterocycles. The molecule has 54 heteroatoms. The number of nitrogens with zero attached hydrogens (tertiary/aromatic N) is 14. The zero-order valence-electron chi connectivity index (χ0n) is 61.3. The van der Waals surface area contributed by atoms with Crippen molar-refractivity contribution in [3.8, 4) is 48.6 Å². The van der Waals surface area contributed by atoms with E-state index in [2.05, 4.69) is 45.7 Å². The van der Waals surface area contributed by atoms with E-state index >= 15 is 0 Å². The normalized spacial score (nSPS) is 11.7. The first-order valence-electron chi connectivity index (χ1n) is 28.7. The molecule has 0 spiro atoms. The van der Waals surface area contributed by atoms with Crippen molar-refractivity contribution >= 4 is 99.5 Å². The summed E-state index contributed by atoms with van der Waals surface area (Å²) in [6, 6.07) is 57.4. The third-order valence-electron chi connectivity index (χ3n) is 9.21. The van der Waals surface area contributed by atoms with Crippen LogP contribution >= 0.6 is 31.2 Å². The summed E-state index contributed by atoms with van der Waals surface area (Å²) in [6.45, 7) is 18.2. The van der Waals surface area contributed by atoms with Crippen molar-refractivity contribution in [3.05, 3.63) is 212 Å². The average Bonchev–Trinajstić information content (AvgIpc) is 0.804. The Bertz CT molecular complexity index is 3350. The standard InChI is InChI=1S/2C23H24N6.8C2H3N.4F6P.6Fe/c2*1-23(14-27-20-11-5-2-8-17(20)24,15-28-21-12-6-3-9-18(21)25)16-29-22-13-7-4-10-19(22)26;8*1-2-3;4*1-7(2,3,4,5)6;;;;;;/h2*2-13,24-26H,14-16H2,1H3;8*1H3;;;;;;;;;;/q2*-6;;;;;;;;;4*-1;2*+2;4*+3. The molecular formula is C62H72F24Fe6N20P4. The fourth-order valence-electron chi connectivity index (χ4n) is 5.63. The zero-order valence-corrected chi connectivity index (χ0v) is 71.5. The molecule has 0 atom stereocenters. The summed E-state index contributed by atoms with van der Waals surface area (Å²) >= 11 is 0. The summed E-state index contributed by atoms with van der Waals surface area (Å²) in [7, 11) is -42.6. The van der Waals surface area contributed by atoms with Crippen molar-refractivity contribution in [2.24, 2.45) is 10.8 Å². The number of nitrogens with one attached hydrogen (secondary N) is 6. The summed E-state index contributed by atoms with van der Waals surface area (Å²) < 4.78 is 237. The Balaban J connectivity index is -0.0000000913. The van der Waals surface area contributed by atoms with E-state index in [1.54, 1.807) is 85.0 Å². The molecule has 6 N–H and O–H groups in total. The fourth-order valence-corrected chi connectivity index (χ4v) is 5.63. The molecule has 0 fully saturated rings. The summed E-state index contributed by atoms with van der Waals surface area (Å²) in [5, 5.41) is 86.4. The molecule has 0 heterocycles. The van der Waals surface area contributed by atoms with E-state index in [9.17, 15) is 101 Å². The molecule has 0 saturated heterocycles. The summed E-state index contributed by atoms with van der Waals surface area (Å²) in [6.07, 6.45) is 0. The average molecular weight is 2010 g/mol. The molecule has 0 aliphatic carbocycles. The Kier molecular flexibility index (Phi) is 69.9. The first-order chi connectivity index (χ1) is 49.0. The Morgan fingerprint density at radius 1 is 0.233 bits per heavy atom. The van der Waals surface area contributed by atoms with Gasteiger partial charge in [0.25, 0.3) is 0 Å². The Morgan fingerprint density at radius 3 is 0.371 bits per heavy atom. The summed E-state index contributed by atoms with van der Waals surface area (Å²) in [4.78, 5) is 0. The van der Waals surface area contributed by atoms with Crippen molar-refractivity contribution < 1.29 is 203 Å². The molecule has 0 unspecified atom stereocenters. The first-order valence-corrected chi connectivity index (χ1v) is 36.8. The van der Waals surface area contributed by atoms with Crippen LogP contribution in [0.4, 0.5) is 169 Å². The molecule has 6 rings (SSSR count). The molecule has 4 radical (unpaired) electrons. The van der Waals surface area contributed by atoms with Crippen LogP contribution < -0.4 is 0 Å². The van der Waals surface area contributed by atoms with E-state index in [1.807, 2.05) is 109 Å². The number of nitriles is 8. The first kappa shape index (κ1) is 140. The fraction of sp³-hybridized carbons (Fsp3) is 0.290. The molecule has 656 valence electrons. The minimum Gasteiger partial charge on any atom is 2.00 e. The van der Waals surface area contributed by atoms with Crippen LogP contribution in [-0.4, -0.2) is 39.3 Å². The number of halogens is 24. The van der Waals surface area contributed by atoms with Crippen molar-refractivity contribution in [2.75, 3.05) is 39.3 Å². The molecule has 0 aliphatic rings. The van der Waals surface area contributed by atoms with Crippen LogP contribution in [0, 0.1) is 101 Å². The van der Waals surface area contributed by atoms with Crippen molar-refractivity contribution in [1.82, 2.24) is 0 Å². The SMILES string of the molecule is CC#N.CC#N.CC#N.CC#N.CC#N.CC#N.CC#N.CC#N.CC(C[N-]c1ccccc1[NH-])(C[N-]c1ccccc1[NH-])C[N-]c1ccccc1[NH-].CC(C[N-]c1ccccc1[NH-])(C[N-]c1ccccc1[NH-])C[N-]c1ccccc1[NH-].F[P-](F)(F)(F)(F)F.F[P-](F)(F)(F)(F)F.F[P-](F)(F)(F)(F)F.F[P-](F)(F)(F)(F)F.[Fe+2].[Fe+2].[Fe+3].[Fe+3].[Fe+3].[Fe+3]. The minimum atomic E-state index is -10.7. The second kappa shape index (κ2) is 58.0. The summed E-state index contributed by atoms with van der Waals surface area (Å²) in [5.74, 6) is 0. The third-order valence-corrected chi connectivity index (χ3v) is 9.21. The van der Waals surface area contributed by atoms with Crippen LogP contribution in [0.2, 0.25) is 0 Å². The Labute approximate surface area is 719 Å². The van der Waals surface area contributed by atoms with E-state index < -0.39 is 42.1 Å². The molecule has 116 heavy (non-hydrogen) atoms. The van der Waals surface area contributed by atoms with E-state index in [0.29, 0.717) is 108 Å². The third kappa shape index (κ3) is 132. The van der Waals surface area contributed by atoms with Crippen LogP contribution in [0.1, 0.15) is 69.2 Å². The quantitative estimate of drug-likeness (QED) is 0.0451. The van der Waals surface area contributed by atoms with E-state index in [1.165, 1.54) is 55.4 Å². The van der Waals surface area contributed by atoms with Crippen molar-refractivity contribution in [3.63, 3.8) is 0 Å². The second-order valence-electron chi connectivity index (χ2n) is 20.2. The van der Waals surface area contributed by atoms with Gasteiger partial charge < -0.3 is 66.3 Å². The van der Waals surface area contributed by atoms with Gasteiger partial charge in [0.15, 0.2) is 0 Å². The van der Waals surface area contributed by atoms with Crippen LogP contribution in [0.25, 0.3) is 66.3 Å². The Hall–Kier alpha value is -8.00. The van der Waals surface area contributed by atoms with Crippen molar-refractivity contribution in [1.29, 1.82) is 42.1 Å². The van der Waals surface area contributed by atoms with Gasteiger partial charge in [0.1, 0.15) is 0 Å². The minimum absolute atomic E-state index is 0. The topological polar surface area (TPSA) is 418 Å². The number of benzene rings is 6. The van der Waals surface area contributed by atoms with Gasteiger partial charge in [-0.2, -0.15) is 110 Å². The van der Waals surface area contributed by atoms with Gasteiger partial charge in [0.05, 0.1) is 48.6 Å². The van der Waals surface area contributed by atoms with Gasteiger partial charge in [-0.1, -0.05) is 170 Å². The monoisotopic (exact) mass is 2010 g/mol. The van der Waals surface area contributed by atoms with Gasteiger partial charge in [-0.3, -0.25) is 0 Å². The zero-order chi connectivity index (χ0) is 88.7. The van der Waals surface area contributed by atoms with E-state index in [4.69, 9.17) is 76.5 Å². The van der Waals surface area contributed by atoms with Gasteiger partial charge in [0, 0.05) is 55.4 Å². The summed E-state index contributed by atoms with van der Waals surface area (Å²) in [5.41, 5.74) is 53.4. The Morgan fingerprint density at radius 2 is 0.302 bits per heavy atom. The van der Waals surface area contributed by atoms with Crippen LogP contribution in [0.15, 0.2) is 146 Å². The van der Waals surface area contributed by atoms with Crippen molar-refractivity contribution in [2.45, 2.75) is 69.2 Å². The molecule has 0 aliphatic heterocycles. The molecule has 0 bridgehead atoms. The van der Waals surface area contributed by atoms with E-state index in [-0.39, 0.29) is 102 Å². The molecular weight excluding hydrogens is 1940 g/mol. The van der Waals surface area contributed by atoms with E-state index in [0.717, 1.165) is 0 Å². The van der Waals surface area contributed by atoms with Gasteiger partial charge in [-0.15, -0.1) is 39.3 Å². The second-order valence-corrected chi connectivity index (χ2v) is 27.9. The molecule has 0 saturated carbocycles. The van der Waals surface area contributed by atoms with Crippen LogP contribution in [-0.2, 0) is 102 Å². The van der Waals surface area contributed by atoms with Gasteiger partial charge in [0.2, 0.25) is 0 Å². The van der Waals surface area contributed by atoms with Crippen LogP contribution in [0.5, 0.6) is 0 Å². The molecule has 20 nitrogen and oxygen atoms in total. The number of para-hydroxylation sites is 6. The smallest absolute Gasteiger partial charge is 2.00 e. The van der Waals surface area contributed by atoms with Crippen LogP contribution in [0.3, 0.4) is 0 Å². The number of rotatable bonds is 18. The molecule has 0 amide bonds. The molecule has 6 aromatic carbocycles. The maximum atomic E-state index is 9.87. The number of hydrogen-bond donors (Lipinski definition) is 0. The van der Waals surface area contributed by atoms with Gasteiger partial charge in [-0.05, 0) is 0 Å². The van der Waals surface area contributed by atoms with Gasteiger partial charge in [-0.25, -0.2) is 0 Å². The largest absolute Gasteiger partial charge is 3.00 e. The maximum Gasteiger partial charge on any atom is 3.00 e. The predicted octanol–water partition coefficient (Wildman–Crippen LogP) is 36.1.